The van der Waals surface area contributed by atoms with E-state index in [2.05, 4.69) is 6.08 Å². The van der Waals surface area contributed by atoms with E-state index in [4.69, 9.17) is 9.47 Å². The molecule has 5 heteroatoms. The van der Waals surface area contributed by atoms with E-state index in [1.807, 2.05) is 19.9 Å². The Bertz CT molecular complexity index is 689. The van der Waals surface area contributed by atoms with E-state index in [-0.39, 0.29) is 23.1 Å². The van der Waals surface area contributed by atoms with Crippen LogP contribution in [0.3, 0.4) is 0 Å². The van der Waals surface area contributed by atoms with Gasteiger partial charge in [0.05, 0.1) is 14.2 Å². The normalized spacial score (nSPS) is 16.3. The molecule has 0 bridgehead atoms. The number of ketones is 2. The Morgan fingerprint density at radius 1 is 0.885 bits per heavy atom. The summed E-state index contributed by atoms with van der Waals surface area (Å²) < 4.78 is 10.1. The summed E-state index contributed by atoms with van der Waals surface area (Å²) in [5.74, 6) is -0.665. The van der Waals surface area contributed by atoms with Crippen LogP contribution in [-0.2, 0) is 23.9 Å². The molecule has 0 spiro atoms. The lowest BCUT2D eigenvalue weighted by atomic mass is 9.90. The average Bonchev–Trinajstić information content (AvgIpc) is 2.62. The van der Waals surface area contributed by atoms with Crippen molar-refractivity contribution in [1.82, 2.24) is 0 Å². The number of aldehydes is 1. The van der Waals surface area contributed by atoms with Gasteiger partial charge in [0.1, 0.15) is 6.29 Å². The molecule has 0 unspecified atom stereocenters. The second-order valence-corrected chi connectivity index (χ2v) is 6.38. The zero-order chi connectivity index (χ0) is 19.7. The number of carbonyl (C=O) groups is 3. The number of methoxy groups -OCH3 is 2. The van der Waals surface area contributed by atoms with Crippen LogP contribution in [0.5, 0.6) is 0 Å². The standard InChI is InChI=1S/C21H28O5/c1-14(10-7-13-22)8-6-9-15(2)11-12-17-16(3)18(23)20(25-4)21(26-5)19(17)24/h8,11,13H,6-7,9-10,12H2,1-5H3. The van der Waals surface area contributed by atoms with Crippen molar-refractivity contribution in [3.05, 3.63) is 46.0 Å². The topological polar surface area (TPSA) is 69.7 Å². The summed E-state index contributed by atoms with van der Waals surface area (Å²) in [4.78, 5) is 35.3. The van der Waals surface area contributed by atoms with Crippen LogP contribution < -0.4 is 0 Å². The average molecular weight is 360 g/mol. The fraction of sp³-hybridized carbons (Fsp3) is 0.476. The van der Waals surface area contributed by atoms with Gasteiger partial charge in [-0.1, -0.05) is 23.3 Å². The van der Waals surface area contributed by atoms with Gasteiger partial charge in [-0.25, -0.2) is 0 Å². The predicted molar refractivity (Wildman–Crippen MR) is 100 cm³/mol. The van der Waals surface area contributed by atoms with E-state index in [0.29, 0.717) is 24.0 Å². The number of hydrogen-bond donors (Lipinski definition) is 0. The Balaban J connectivity index is 2.77. The van der Waals surface area contributed by atoms with Crippen LogP contribution >= 0.6 is 0 Å². The van der Waals surface area contributed by atoms with E-state index >= 15 is 0 Å². The van der Waals surface area contributed by atoms with Crippen molar-refractivity contribution >= 4 is 17.9 Å². The maximum absolute atomic E-state index is 12.6. The molecule has 142 valence electrons. The summed E-state index contributed by atoms with van der Waals surface area (Å²) in [6.45, 7) is 5.67. The molecule has 1 rings (SSSR count). The van der Waals surface area contributed by atoms with E-state index in [1.54, 1.807) is 6.92 Å². The Morgan fingerprint density at radius 2 is 1.42 bits per heavy atom. The number of Topliss-reactive ketones (excluding diaryl/α,β-unsaturated/α-hetero) is 2. The largest absolute Gasteiger partial charge is 0.489 e. The van der Waals surface area contributed by atoms with Crippen LogP contribution in [0.25, 0.3) is 0 Å². The first-order chi connectivity index (χ1) is 12.4. The predicted octanol–water partition coefficient (Wildman–Crippen LogP) is 4.00. The molecule has 0 fully saturated rings. The summed E-state index contributed by atoms with van der Waals surface area (Å²) in [6.07, 6.45) is 8.53. The summed E-state index contributed by atoms with van der Waals surface area (Å²) in [6, 6.07) is 0. The molecule has 0 aromatic carbocycles. The molecule has 26 heavy (non-hydrogen) atoms. The van der Waals surface area contributed by atoms with Crippen LogP contribution in [0.4, 0.5) is 0 Å². The van der Waals surface area contributed by atoms with Gasteiger partial charge >= 0.3 is 0 Å². The van der Waals surface area contributed by atoms with Crippen LogP contribution in [-0.4, -0.2) is 32.1 Å². The number of allylic oxidation sites excluding steroid dienone is 6. The second-order valence-electron chi connectivity index (χ2n) is 6.38. The van der Waals surface area contributed by atoms with Gasteiger partial charge in [-0.15, -0.1) is 0 Å². The van der Waals surface area contributed by atoms with E-state index in [9.17, 15) is 14.4 Å². The zero-order valence-corrected chi connectivity index (χ0v) is 16.3. The van der Waals surface area contributed by atoms with Crippen molar-refractivity contribution in [2.24, 2.45) is 0 Å². The zero-order valence-electron chi connectivity index (χ0n) is 16.3. The monoisotopic (exact) mass is 360 g/mol. The summed E-state index contributed by atoms with van der Waals surface area (Å²) in [5, 5.41) is 0. The van der Waals surface area contributed by atoms with Gasteiger partial charge in [0.25, 0.3) is 0 Å². The van der Waals surface area contributed by atoms with Gasteiger partial charge < -0.3 is 14.3 Å². The number of ether oxygens (including phenoxy) is 2. The lowest BCUT2D eigenvalue weighted by molar-refractivity contribution is -0.121. The molecule has 0 aliphatic heterocycles. The van der Waals surface area contributed by atoms with E-state index in [1.165, 1.54) is 19.8 Å². The molecule has 0 aromatic rings. The summed E-state index contributed by atoms with van der Waals surface area (Å²) in [7, 11) is 2.71. The Kier molecular flexibility index (Phi) is 8.76. The highest BCUT2D eigenvalue weighted by Crippen LogP contribution is 2.28. The number of carbonyl (C=O) groups excluding carboxylic acids is 3. The maximum Gasteiger partial charge on any atom is 0.228 e. The quantitative estimate of drug-likeness (QED) is 0.334. The van der Waals surface area contributed by atoms with Crippen LogP contribution in [0, 0.1) is 0 Å². The fourth-order valence-electron chi connectivity index (χ4n) is 2.75. The molecule has 1 aliphatic carbocycles. The molecule has 0 heterocycles. The van der Waals surface area contributed by atoms with Crippen LogP contribution in [0.2, 0.25) is 0 Å². The lowest BCUT2D eigenvalue weighted by Gasteiger charge is -2.19. The van der Waals surface area contributed by atoms with Crippen molar-refractivity contribution in [3.8, 4) is 0 Å². The first-order valence-corrected chi connectivity index (χ1v) is 8.73. The van der Waals surface area contributed by atoms with E-state index < -0.39 is 0 Å². The molecular formula is C21H28O5. The molecule has 0 amide bonds. The molecule has 0 aromatic heterocycles. The first kappa shape index (κ1) is 21.6. The van der Waals surface area contributed by atoms with Gasteiger partial charge in [0.15, 0.2) is 0 Å². The fourth-order valence-corrected chi connectivity index (χ4v) is 2.75. The minimum absolute atomic E-state index is 0.0297. The lowest BCUT2D eigenvalue weighted by Crippen LogP contribution is -2.24. The molecule has 5 nitrogen and oxygen atoms in total. The Labute approximate surface area is 155 Å². The Hall–Kier alpha value is -2.43. The highest BCUT2D eigenvalue weighted by molar-refractivity contribution is 6.23. The highest BCUT2D eigenvalue weighted by atomic mass is 16.5. The van der Waals surface area contributed by atoms with Crippen LogP contribution in [0.15, 0.2) is 46.0 Å². The van der Waals surface area contributed by atoms with Crippen molar-refractivity contribution in [2.45, 2.75) is 52.9 Å². The minimum Gasteiger partial charge on any atom is -0.489 e. The van der Waals surface area contributed by atoms with Gasteiger partial charge in [-0.2, -0.15) is 0 Å². The number of rotatable bonds is 10. The molecule has 0 N–H and O–H groups in total. The van der Waals surface area contributed by atoms with Crippen molar-refractivity contribution in [2.75, 3.05) is 14.2 Å². The number of hydrogen-bond acceptors (Lipinski definition) is 5. The third-order valence-electron chi connectivity index (χ3n) is 4.44. The van der Waals surface area contributed by atoms with Crippen LogP contribution in [0.1, 0.15) is 52.9 Å². The van der Waals surface area contributed by atoms with Crippen molar-refractivity contribution in [1.29, 1.82) is 0 Å². The molecule has 0 radical (unpaired) electrons. The second kappa shape index (κ2) is 10.5. The summed E-state index contributed by atoms with van der Waals surface area (Å²) >= 11 is 0. The van der Waals surface area contributed by atoms with Gasteiger partial charge in [0, 0.05) is 17.6 Å². The minimum atomic E-state index is -0.307. The van der Waals surface area contributed by atoms with Gasteiger partial charge in [0.2, 0.25) is 23.1 Å². The maximum atomic E-state index is 12.6. The van der Waals surface area contributed by atoms with Crippen molar-refractivity contribution in [3.63, 3.8) is 0 Å². The van der Waals surface area contributed by atoms with Gasteiger partial charge in [-0.05, 0) is 46.5 Å². The van der Waals surface area contributed by atoms with E-state index in [0.717, 1.165) is 31.1 Å². The van der Waals surface area contributed by atoms with Crippen molar-refractivity contribution < 1.29 is 23.9 Å². The first-order valence-electron chi connectivity index (χ1n) is 8.73. The highest BCUT2D eigenvalue weighted by Gasteiger charge is 2.33. The molecule has 0 saturated carbocycles. The molecular weight excluding hydrogens is 332 g/mol. The van der Waals surface area contributed by atoms with Gasteiger partial charge in [-0.3, -0.25) is 9.59 Å². The smallest absolute Gasteiger partial charge is 0.228 e. The molecule has 1 aliphatic rings. The third-order valence-corrected chi connectivity index (χ3v) is 4.44. The summed E-state index contributed by atoms with van der Waals surface area (Å²) in [5.41, 5.74) is 3.20. The Morgan fingerprint density at radius 3 is 2.00 bits per heavy atom. The molecule has 0 atom stereocenters. The molecule has 0 saturated heterocycles. The SMILES string of the molecule is COC1=C(OC)C(=O)C(CC=C(C)CCC=C(C)CCC=O)=C(C)C1=O. The third kappa shape index (κ3) is 5.55.